The Morgan fingerprint density at radius 2 is 2.11 bits per heavy atom. The molecule has 1 unspecified atom stereocenters. The van der Waals surface area contributed by atoms with E-state index in [-0.39, 0.29) is 6.73 Å². The molecule has 2 heteroatoms. The summed E-state index contributed by atoms with van der Waals surface area (Å²) in [7, 11) is 0. The molecule has 0 spiro atoms. The minimum absolute atomic E-state index is 0.110. The number of nitrogens with one attached hydrogen (secondary N) is 1. The third kappa shape index (κ3) is 4.43. The highest BCUT2D eigenvalue weighted by Gasteiger charge is 2.00. The first-order valence-electron chi connectivity index (χ1n) is 3.69. The van der Waals surface area contributed by atoms with Crippen molar-refractivity contribution < 1.29 is 5.11 Å². The number of rotatable bonds is 5. The van der Waals surface area contributed by atoms with Gasteiger partial charge < -0.3 is 5.11 Å². The number of aliphatic hydroxyl groups excluding tert-OH is 1. The predicted molar refractivity (Wildman–Crippen MR) is 39.2 cm³/mol. The second-order valence-electron chi connectivity index (χ2n) is 2.26. The van der Waals surface area contributed by atoms with Crippen LogP contribution in [0.4, 0.5) is 0 Å². The van der Waals surface area contributed by atoms with Gasteiger partial charge in [-0.15, -0.1) is 0 Å². The van der Waals surface area contributed by atoms with Crippen molar-refractivity contribution in [3.8, 4) is 0 Å². The summed E-state index contributed by atoms with van der Waals surface area (Å²) in [5, 5.41) is 11.5. The van der Waals surface area contributed by atoms with E-state index in [1.165, 1.54) is 6.42 Å². The highest BCUT2D eigenvalue weighted by molar-refractivity contribution is 4.60. The first-order chi connectivity index (χ1) is 4.35. The Morgan fingerprint density at radius 1 is 1.44 bits per heavy atom. The molecule has 56 valence electrons. The minimum Gasteiger partial charge on any atom is -0.381 e. The molecule has 2 nitrogen and oxygen atoms in total. The minimum atomic E-state index is 0.110. The van der Waals surface area contributed by atoms with Gasteiger partial charge in [0, 0.05) is 6.04 Å². The van der Waals surface area contributed by atoms with Crippen molar-refractivity contribution in [1.29, 1.82) is 0 Å². The lowest BCUT2D eigenvalue weighted by atomic mass is 10.1. The third-order valence-electron chi connectivity index (χ3n) is 1.51. The molecule has 0 aliphatic rings. The lowest BCUT2D eigenvalue weighted by molar-refractivity contribution is 0.234. The van der Waals surface area contributed by atoms with E-state index in [1.54, 1.807) is 0 Å². The van der Waals surface area contributed by atoms with Crippen molar-refractivity contribution in [2.45, 2.75) is 39.2 Å². The van der Waals surface area contributed by atoms with Crippen molar-refractivity contribution in [3.63, 3.8) is 0 Å². The zero-order valence-electron chi connectivity index (χ0n) is 6.35. The Hall–Kier alpha value is -0.0800. The normalized spacial score (nSPS) is 13.7. The van der Waals surface area contributed by atoms with Gasteiger partial charge in [0.15, 0.2) is 0 Å². The van der Waals surface area contributed by atoms with E-state index in [2.05, 4.69) is 19.2 Å². The van der Waals surface area contributed by atoms with E-state index in [9.17, 15) is 0 Å². The molecule has 0 bridgehead atoms. The van der Waals surface area contributed by atoms with Gasteiger partial charge in [-0.1, -0.05) is 20.3 Å². The molecular weight excluding hydrogens is 114 g/mol. The Balaban J connectivity index is 3.18. The third-order valence-corrected chi connectivity index (χ3v) is 1.51. The van der Waals surface area contributed by atoms with Crippen molar-refractivity contribution in [2.75, 3.05) is 6.73 Å². The summed E-state index contributed by atoms with van der Waals surface area (Å²) in [5.41, 5.74) is 0. The molecular formula is C7H17NO. The lowest BCUT2D eigenvalue weighted by Gasteiger charge is -2.12. The highest BCUT2D eigenvalue weighted by atomic mass is 16.3. The molecule has 0 amide bonds. The molecule has 0 saturated carbocycles. The van der Waals surface area contributed by atoms with E-state index in [1.807, 2.05) is 0 Å². The first kappa shape index (κ1) is 8.92. The van der Waals surface area contributed by atoms with Crippen LogP contribution < -0.4 is 5.32 Å². The van der Waals surface area contributed by atoms with Crippen LogP contribution in [-0.2, 0) is 0 Å². The SMILES string of the molecule is CCCC(CC)NCO. The summed E-state index contributed by atoms with van der Waals surface area (Å²) in [6.07, 6.45) is 3.46. The Labute approximate surface area is 57.3 Å². The molecule has 9 heavy (non-hydrogen) atoms. The van der Waals surface area contributed by atoms with Crippen LogP contribution >= 0.6 is 0 Å². The average molecular weight is 131 g/mol. The fourth-order valence-electron chi connectivity index (χ4n) is 0.928. The predicted octanol–water partition coefficient (Wildman–Crippen LogP) is 1.10. The van der Waals surface area contributed by atoms with Gasteiger partial charge in [0.25, 0.3) is 0 Å². The quantitative estimate of drug-likeness (QED) is 0.548. The molecule has 0 fully saturated rings. The first-order valence-corrected chi connectivity index (χ1v) is 3.69. The van der Waals surface area contributed by atoms with E-state index >= 15 is 0 Å². The molecule has 0 aromatic carbocycles. The fourth-order valence-corrected chi connectivity index (χ4v) is 0.928. The van der Waals surface area contributed by atoms with Gasteiger partial charge in [0.1, 0.15) is 0 Å². The monoisotopic (exact) mass is 131 g/mol. The largest absolute Gasteiger partial charge is 0.381 e. The smallest absolute Gasteiger partial charge is 0.0933 e. The zero-order valence-corrected chi connectivity index (χ0v) is 6.35. The number of hydrogen-bond acceptors (Lipinski definition) is 2. The standard InChI is InChI=1S/C7H17NO/c1-3-5-7(4-2)8-6-9/h7-9H,3-6H2,1-2H3. The van der Waals surface area contributed by atoms with Crippen LogP contribution in [0.1, 0.15) is 33.1 Å². The molecule has 1 atom stereocenters. The lowest BCUT2D eigenvalue weighted by Crippen LogP contribution is -2.28. The summed E-state index contributed by atoms with van der Waals surface area (Å²) < 4.78 is 0. The summed E-state index contributed by atoms with van der Waals surface area (Å²) in [4.78, 5) is 0. The van der Waals surface area contributed by atoms with Crippen LogP contribution in [0.25, 0.3) is 0 Å². The second-order valence-corrected chi connectivity index (χ2v) is 2.26. The van der Waals surface area contributed by atoms with Crippen LogP contribution in [0.5, 0.6) is 0 Å². The zero-order chi connectivity index (χ0) is 7.11. The second kappa shape index (κ2) is 6.05. The maximum absolute atomic E-state index is 8.48. The van der Waals surface area contributed by atoms with Crippen molar-refractivity contribution >= 4 is 0 Å². The highest BCUT2D eigenvalue weighted by Crippen LogP contribution is 1.99. The molecule has 0 heterocycles. The van der Waals surface area contributed by atoms with Gasteiger partial charge in [0.2, 0.25) is 0 Å². The van der Waals surface area contributed by atoms with Crippen LogP contribution in [0, 0.1) is 0 Å². The van der Waals surface area contributed by atoms with Crippen LogP contribution in [0.3, 0.4) is 0 Å². The average Bonchev–Trinajstić information content (AvgIpc) is 1.88. The summed E-state index contributed by atoms with van der Waals surface area (Å²) >= 11 is 0. The maximum atomic E-state index is 8.48. The van der Waals surface area contributed by atoms with Crippen LogP contribution in [0.15, 0.2) is 0 Å². The Morgan fingerprint density at radius 3 is 2.44 bits per heavy atom. The maximum Gasteiger partial charge on any atom is 0.0933 e. The van der Waals surface area contributed by atoms with Crippen molar-refractivity contribution in [1.82, 2.24) is 5.32 Å². The van der Waals surface area contributed by atoms with Gasteiger partial charge in [-0.05, 0) is 12.8 Å². The van der Waals surface area contributed by atoms with Gasteiger partial charge in [-0.25, -0.2) is 0 Å². The van der Waals surface area contributed by atoms with Gasteiger partial charge in [-0.3, -0.25) is 5.32 Å². The summed E-state index contributed by atoms with van der Waals surface area (Å²) in [6.45, 7) is 4.39. The summed E-state index contributed by atoms with van der Waals surface area (Å²) in [5.74, 6) is 0. The van der Waals surface area contributed by atoms with Gasteiger partial charge in [0.05, 0.1) is 6.73 Å². The number of hydrogen-bond donors (Lipinski definition) is 2. The van der Waals surface area contributed by atoms with Gasteiger partial charge in [-0.2, -0.15) is 0 Å². The molecule has 0 radical (unpaired) electrons. The van der Waals surface area contributed by atoms with E-state index in [0.29, 0.717) is 6.04 Å². The van der Waals surface area contributed by atoms with Crippen LogP contribution in [0.2, 0.25) is 0 Å². The van der Waals surface area contributed by atoms with Crippen molar-refractivity contribution in [3.05, 3.63) is 0 Å². The van der Waals surface area contributed by atoms with E-state index < -0.39 is 0 Å². The molecule has 2 N–H and O–H groups in total. The molecule has 0 aromatic rings. The van der Waals surface area contributed by atoms with E-state index in [4.69, 9.17) is 5.11 Å². The summed E-state index contributed by atoms with van der Waals surface area (Å²) in [6, 6.07) is 0.514. The number of aliphatic hydroxyl groups is 1. The molecule has 0 aromatic heterocycles. The topological polar surface area (TPSA) is 32.3 Å². The molecule has 0 rings (SSSR count). The van der Waals surface area contributed by atoms with Crippen molar-refractivity contribution in [2.24, 2.45) is 0 Å². The Kier molecular flexibility index (Phi) is 5.99. The van der Waals surface area contributed by atoms with Crippen LogP contribution in [-0.4, -0.2) is 17.9 Å². The molecule has 0 aliphatic carbocycles. The van der Waals surface area contributed by atoms with Gasteiger partial charge >= 0.3 is 0 Å². The molecule has 0 aliphatic heterocycles. The Bertz CT molecular complexity index is 50.9. The van der Waals surface area contributed by atoms with E-state index in [0.717, 1.165) is 12.8 Å². The molecule has 0 saturated heterocycles. The fraction of sp³-hybridized carbons (Fsp3) is 1.00.